The van der Waals surface area contributed by atoms with Crippen LogP contribution in [-0.4, -0.2) is 8.07 Å². The highest BCUT2D eigenvalue weighted by atomic mass is 28.3. The Morgan fingerprint density at radius 3 is 1.61 bits per heavy atom. The highest BCUT2D eigenvalue weighted by Crippen LogP contribution is 2.55. The van der Waals surface area contributed by atoms with E-state index < -0.39 is 8.07 Å². The summed E-state index contributed by atoms with van der Waals surface area (Å²) in [6, 6.07) is 44.7. The van der Waals surface area contributed by atoms with E-state index in [1.807, 2.05) is 0 Å². The molecule has 1 nitrogen and oxygen atoms in total. The van der Waals surface area contributed by atoms with Gasteiger partial charge in [0.05, 0.1) is 0 Å². The van der Waals surface area contributed by atoms with Crippen molar-refractivity contribution in [3.8, 4) is 33.7 Å². The third kappa shape index (κ3) is 6.48. The predicted molar refractivity (Wildman–Crippen MR) is 202 cm³/mol. The Morgan fingerprint density at radius 1 is 0.565 bits per heavy atom. The van der Waals surface area contributed by atoms with Crippen molar-refractivity contribution in [3.05, 3.63) is 138 Å². The van der Waals surface area contributed by atoms with Crippen LogP contribution in [0.4, 0.5) is 17.1 Å². The fourth-order valence-electron chi connectivity index (χ4n) is 7.04. The molecule has 0 saturated carbocycles. The molecule has 0 atom stereocenters. The Hall–Kier alpha value is -4.32. The van der Waals surface area contributed by atoms with E-state index in [1.54, 1.807) is 0 Å². The quantitative estimate of drug-likeness (QED) is 0.111. The van der Waals surface area contributed by atoms with Crippen molar-refractivity contribution in [2.24, 2.45) is 0 Å². The number of para-hydroxylation sites is 2. The van der Waals surface area contributed by atoms with E-state index in [4.69, 9.17) is 0 Å². The van der Waals surface area contributed by atoms with Crippen LogP contribution in [0.15, 0.2) is 121 Å². The molecule has 232 valence electrons. The topological polar surface area (TPSA) is 3.24 Å². The maximum atomic E-state index is 3.61. The summed E-state index contributed by atoms with van der Waals surface area (Å²) in [5.41, 5.74) is 16.6. The maximum absolute atomic E-state index is 3.61. The molecule has 0 saturated heterocycles. The van der Waals surface area contributed by atoms with Crippen molar-refractivity contribution in [1.82, 2.24) is 0 Å². The van der Waals surface area contributed by atoms with Crippen molar-refractivity contribution in [2.75, 3.05) is 4.90 Å². The molecule has 0 bridgehead atoms. The molecule has 0 fully saturated rings. The zero-order valence-corrected chi connectivity index (χ0v) is 29.2. The molecule has 0 aromatic heterocycles. The molecule has 6 rings (SSSR count). The molecule has 2 heteroatoms. The number of hydrogen-bond donors (Lipinski definition) is 0. The first kappa shape index (κ1) is 31.7. The van der Waals surface area contributed by atoms with Crippen LogP contribution in [0.5, 0.6) is 0 Å². The van der Waals surface area contributed by atoms with Crippen LogP contribution >= 0.6 is 0 Å². The molecule has 0 amide bonds. The summed E-state index contributed by atoms with van der Waals surface area (Å²) < 4.78 is 0. The van der Waals surface area contributed by atoms with Crippen molar-refractivity contribution in [1.29, 1.82) is 0 Å². The van der Waals surface area contributed by atoms with Gasteiger partial charge in [0.25, 0.3) is 0 Å². The first-order chi connectivity index (χ1) is 22.3. The number of nitrogens with zero attached hydrogens (tertiary/aromatic N) is 1. The van der Waals surface area contributed by atoms with E-state index in [1.165, 1.54) is 77.5 Å². The second-order valence-electron chi connectivity index (χ2n) is 13.9. The largest absolute Gasteiger partial charge is 0.311 e. The predicted octanol–water partition coefficient (Wildman–Crippen LogP) is 12.7. The van der Waals surface area contributed by atoms with Gasteiger partial charge in [-0.05, 0) is 101 Å². The number of hydrogen-bond acceptors (Lipinski definition) is 1. The van der Waals surface area contributed by atoms with Crippen LogP contribution in [0.2, 0.25) is 19.6 Å². The molecule has 0 N–H and O–H groups in total. The fraction of sp³-hybridized carbons (Fsp3) is 0.273. The first-order valence-corrected chi connectivity index (χ1v) is 20.7. The van der Waals surface area contributed by atoms with Crippen LogP contribution in [0.3, 0.4) is 0 Å². The van der Waals surface area contributed by atoms with Gasteiger partial charge in [0.2, 0.25) is 0 Å². The minimum atomic E-state index is -1.47. The summed E-state index contributed by atoms with van der Waals surface area (Å²) >= 11 is 0. The smallest absolute Gasteiger partial charge is 0.129 e. The molecular formula is C44H47NSi. The van der Waals surface area contributed by atoms with E-state index >= 15 is 0 Å². The fourth-order valence-corrected chi connectivity index (χ4v) is 7.56. The minimum absolute atomic E-state index is 0.0287. The number of fused-ring (bicyclic) bond motifs is 3. The van der Waals surface area contributed by atoms with Gasteiger partial charge in [0.1, 0.15) is 8.07 Å². The lowest BCUT2D eigenvalue weighted by Crippen LogP contribution is -2.25. The zero-order valence-electron chi connectivity index (χ0n) is 28.2. The van der Waals surface area contributed by atoms with Gasteiger partial charge in [0.15, 0.2) is 0 Å². The standard InChI is InChI=1S/C44H47NSi/c1-6-8-29-44(30-9-7-2)42-32-34(28-31-46(3,4)5)20-26-40(42)41-27-23-36(33-43(41)44)35-21-24-39(25-22-35)45(37-16-12-10-13-17-37)38-18-14-11-15-19-38/h10-27,32-33H,6-9,29-30H2,1-5H3. The molecule has 0 spiro atoms. The number of rotatable bonds is 10. The summed E-state index contributed by atoms with van der Waals surface area (Å²) in [6.07, 6.45) is 7.21. The van der Waals surface area contributed by atoms with E-state index in [-0.39, 0.29) is 5.41 Å². The van der Waals surface area contributed by atoms with Gasteiger partial charge in [0, 0.05) is 28.0 Å². The Morgan fingerprint density at radius 2 is 1.07 bits per heavy atom. The first-order valence-electron chi connectivity index (χ1n) is 17.2. The van der Waals surface area contributed by atoms with Crippen LogP contribution in [0.25, 0.3) is 22.3 Å². The van der Waals surface area contributed by atoms with Gasteiger partial charge in [-0.3, -0.25) is 0 Å². The van der Waals surface area contributed by atoms with E-state index in [0.717, 1.165) is 17.1 Å². The molecule has 46 heavy (non-hydrogen) atoms. The number of benzene rings is 5. The van der Waals surface area contributed by atoms with Gasteiger partial charge < -0.3 is 4.90 Å². The minimum Gasteiger partial charge on any atom is -0.311 e. The summed E-state index contributed by atoms with van der Waals surface area (Å²) in [4.78, 5) is 2.33. The number of unbranched alkanes of at least 4 members (excludes halogenated alkanes) is 2. The van der Waals surface area contributed by atoms with E-state index in [9.17, 15) is 0 Å². The third-order valence-corrected chi connectivity index (χ3v) is 10.2. The lowest BCUT2D eigenvalue weighted by Gasteiger charge is -2.33. The molecule has 0 aliphatic heterocycles. The molecule has 0 unspecified atom stereocenters. The molecule has 1 aliphatic carbocycles. The maximum Gasteiger partial charge on any atom is 0.129 e. The lowest BCUT2D eigenvalue weighted by molar-refractivity contribution is 0.414. The van der Waals surface area contributed by atoms with Crippen LogP contribution in [0.1, 0.15) is 69.1 Å². The molecule has 0 heterocycles. The highest BCUT2D eigenvalue weighted by Gasteiger charge is 2.42. The molecule has 0 radical (unpaired) electrons. The SMILES string of the molecule is CCCCC1(CCCC)c2cc(C#C[Si](C)(C)C)ccc2-c2ccc(-c3ccc(N(c4ccccc4)c4ccccc4)cc3)cc21. The summed E-state index contributed by atoms with van der Waals surface area (Å²) in [6.45, 7) is 11.6. The van der Waals surface area contributed by atoms with Crippen molar-refractivity contribution < 1.29 is 0 Å². The molecular weight excluding hydrogens is 571 g/mol. The molecule has 5 aromatic carbocycles. The Bertz CT molecular complexity index is 1790. The molecule has 1 aliphatic rings. The normalized spacial score (nSPS) is 13.0. The average molecular weight is 618 g/mol. The highest BCUT2D eigenvalue weighted by molar-refractivity contribution is 6.83. The second-order valence-corrected chi connectivity index (χ2v) is 18.6. The van der Waals surface area contributed by atoms with E-state index in [2.05, 4.69) is 171 Å². The summed E-state index contributed by atoms with van der Waals surface area (Å²) in [5.74, 6) is 3.57. The van der Waals surface area contributed by atoms with Crippen molar-refractivity contribution >= 4 is 25.1 Å². The van der Waals surface area contributed by atoms with Crippen LogP contribution in [-0.2, 0) is 5.41 Å². The average Bonchev–Trinajstić information content (AvgIpc) is 3.35. The monoisotopic (exact) mass is 617 g/mol. The lowest BCUT2D eigenvalue weighted by atomic mass is 9.70. The zero-order chi connectivity index (χ0) is 32.1. The second kappa shape index (κ2) is 13.6. The van der Waals surface area contributed by atoms with Gasteiger partial charge in [-0.1, -0.05) is 132 Å². The summed E-state index contributed by atoms with van der Waals surface area (Å²) in [7, 11) is -1.47. The van der Waals surface area contributed by atoms with Crippen molar-refractivity contribution in [3.63, 3.8) is 0 Å². The Kier molecular flexibility index (Phi) is 9.34. The van der Waals surface area contributed by atoms with Gasteiger partial charge in [-0.2, -0.15) is 0 Å². The summed E-state index contributed by atoms with van der Waals surface area (Å²) in [5, 5.41) is 0. The Labute approximate surface area is 278 Å². The third-order valence-electron chi connectivity index (χ3n) is 9.34. The van der Waals surface area contributed by atoms with Gasteiger partial charge in [-0.25, -0.2) is 0 Å². The van der Waals surface area contributed by atoms with Crippen LogP contribution < -0.4 is 4.90 Å². The van der Waals surface area contributed by atoms with Gasteiger partial charge in [-0.15, -0.1) is 5.54 Å². The molecule has 5 aromatic rings. The number of anilines is 3. The Balaban J connectivity index is 1.42. The van der Waals surface area contributed by atoms with Gasteiger partial charge >= 0.3 is 0 Å². The van der Waals surface area contributed by atoms with Crippen LogP contribution in [0, 0.1) is 11.5 Å². The van der Waals surface area contributed by atoms with E-state index in [0.29, 0.717) is 0 Å². The van der Waals surface area contributed by atoms with Crippen molar-refractivity contribution in [2.45, 2.75) is 77.4 Å².